The van der Waals surface area contributed by atoms with Crippen LogP contribution in [0.4, 0.5) is 0 Å². The number of methoxy groups -OCH3 is 2. The Morgan fingerprint density at radius 2 is 1.76 bits per heavy atom. The number of nitrogens with zero attached hydrogens (tertiary/aromatic N) is 2. The van der Waals surface area contributed by atoms with Gasteiger partial charge < -0.3 is 24.3 Å². The predicted octanol–water partition coefficient (Wildman–Crippen LogP) is 5.13. The predicted molar refractivity (Wildman–Crippen MR) is 148 cm³/mol. The second kappa shape index (κ2) is 11.7. The molecule has 2 aromatic heterocycles. The van der Waals surface area contributed by atoms with Crippen molar-refractivity contribution >= 4 is 16.8 Å². The quantitative estimate of drug-likeness (QED) is 0.153. The van der Waals surface area contributed by atoms with Crippen LogP contribution in [-0.4, -0.2) is 47.5 Å². The lowest BCUT2D eigenvalue weighted by Crippen LogP contribution is -2.23. The van der Waals surface area contributed by atoms with Gasteiger partial charge >= 0.3 is 0 Å². The Labute approximate surface area is 220 Å². The third-order valence-corrected chi connectivity index (χ3v) is 6.30. The molecule has 0 saturated carbocycles. The molecule has 0 aliphatic carbocycles. The van der Waals surface area contributed by atoms with Gasteiger partial charge in [0.2, 0.25) is 5.90 Å². The van der Waals surface area contributed by atoms with Gasteiger partial charge in [0.25, 0.3) is 5.56 Å². The van der Waals surface area contributed by atoms with Crippen molar-refractivity contribution in [2.24, 2.45) is 4.99 Å². The lowest BCUT2D eigenvalue weighted by molar-refractivity contribution is 0.394. The van der Waals surface area contributed by atoms with E-state index in [1.165, 1.54) is 7.05 Å². The van der Waals surface area contributed by atoms with Gasteiger partial charge in [-0.05, 0) is 31.0 Å². The number of aromatic amines is 2. The molecule has 0 unspecified atom stereocenters. The molecular weight excluding hydrogens is 484 g/mol. The summed E-state index contributed by atoms with van der Waals surface area (Å²) in [5, 5.41) is 19.9. The molecule has 0 bridgehead atoms. The Balaban J connectivity index is 1.78. The number of aliphatic imine (C=N–C) groups is 1. The first-order chi connectivity index (χ1) is 18.4. The number of unbranched alkanes of at least 4 members (excludes halogenated alkanes) is 1. The largest absolute Gasteiger partial charge is 0.506 e. The highest BCUT2D eigenvalue weighted by molar-refractivity contribution is 6.00. The van der Waals surface area contributed by atoms with Crippen LogP contribution >= 0.6 is 0 Å². The number of para-hydroxylation sites is 1. The fourth-order valence-corrected chi connectivity index (χ4v) is 4.47. The van der Waals surface area contributed by atoms with Gasteiger partial charge in [0.05, 0.1) is 36.6 Å². The molecule has 2 aromatic carbocycles. The summed E-state index contributed by atoms with van der Waals surface area (Å²) in [4.78, 5) is 20.4. The SMILES string of the molecule is C=C(Cc1[nH]nc2ccccc12)OC(=NC)c1c(O)c(-c2c(OC)cccc2OC)c(CCCC)[nH]c1=O. The Bertz CT molecular complexity index is 1530. The summed E-state index contributed by atoms with van der Waals surface area (Å²) in [6.45, 7) is 6.07. The fourth-order valence-electron chi connectivity index (χ4n) is 4.47. The number of nitrogens with one attached hydrogen (secondary N) is 2. The summed E-state index contributed by atoms with van der Waals surface area (Å²) in [6, 6.07) is 13.0. The number of hydrogen-bond donors (Lipinski definition) is 3. The molecule has 2 heterocycles. The van der Waals surface area contributed by atoms with Crippen LogP contribution in [0, 0.1) is 0 Å². The Morgan fingerprint density at radius 1 is 1.05 bits per heavy atom. The zero-order valence-corrected chi connectivity index (χ0v) is 22.1. The second-order valence-electron chi connectivity index (χ2n) is 8.74. The van der Waals surface area contributed by atoms with Gasteiger partial charge in [-0.2, -0.15) is 5.10 Å². The number of hydrogen-bond acceptors (Lipinski definition) is 7. The number of pyridine rings is 1. The number of fused-ring (bicyclic) bond motifs is 1. The molecule has 198 valence electrons. The number of H-pyrrole nitrogens is 2. The first kappa shape index (κ1) is 26.5. The number of ether oxygens (including phenoxy) is 3. The van der Waals surface area contributed by atoms with Crippen LogP contribution in [0.1, 0.15) is 36.7 Å². The molecule has 9 nitrogen and oxygen atoms in total. The summed E-state index contributed by atoms with van der Waals surface area (Å²) in [6.07, 6.45) is 2.55. The Morgan fingerprint density at radius 3 is 2.42 bits per heavy atom. The van der Waals surface area contributed by atoms with Crippen molar-refractivity contribution in [1.29, 1.82) is 0 Å². The average molecular weight is 517 g/mol. The van der Waals surface area contributed by atoms with Crippen LogP contribution in [0.2, 0.25) is 0 Å². The van der Waals surface area contributed by atoms with Gasteiger partial charge in [-0.15, -0.1) is 0 Å². The summed E-state index contributed by atoms with van der Waals surface area (Å²) >= 11 is 0. The van der Waals surface area contributed by atoms with Gasteiger partial charge in [-0.25, -0.2) is 0 Å². The summed E-state index contributed by atoms with van der Waals surface area (Å²) in [5.41, 5.74) is 2.51. The van der Waals surface area contributed by atoms with E-state index in [0.29, 0.717) is 46.9 Å². The molecule has 38 heavy (non-hydrogen) atoms. The third-order valence-electron chi connectivity index (χ3n) is 6.30. The highest BCUT2D eigenvalue weighted by atomic mass is 16.5. The summed E-state index contributed by atoms with van der Waals surface area (Å²) < 4.78 is 17.2. The van der Waals surface area contributed by atoms with E-state index in [0.717, 1.165) is 29.4 Å². The van der Waals surface area contributed by atoms with E-state index >= 15 is 0 Å². The van der Waals surface area contributed by atoms with Gasteiger partial charge in [-0.3, -0.25) is 14.9 Å². The maximum atomic E-state index is 13.3. The van der Waals surface area contributed by atoms with E-state index in [-0.39, 0.29) is 17.2 Å². The van der Waals surface area contributed by atoms with Crippen molar-refractivity contribution in [3.05, 3.63) is 82.1 Å². The highest BCUT2D eigenvalue weighted by Gasteiger charge is 2.27. The zero-order valence-electron chi connectivity index (χ0n) is 22.1. The van der Waals surface area contributed by atoms with Gasteiger partial charge in [0, 0.05) is 24.5 Å². The zero-order chi connectivity index (χ0) is 27.2. The van der Waals surface area contributed by atoms with Gasteiger partial charge in [0.15, 0.2) is 0 Å². The lowest BCUT2D eigenvalue weighted by Gasteiger charge is -2.20. The number of aromatic hydroxyl groups is 1. The smallest absolute Gasteiger partial charge is 0.264 e. The lowest BCUT2D eigenvalue weighted by atomic mass is 9.95. The molecular formula is C29H32N4O5. The molecule has 3 N–H and O–H groups in total. The molecule has 4 rings (SSSR count). The van der Waals surface area contributed by atoms with Crippen molar-refractivity contribution in [3.8, 4) is 28.4 Å². The van der Waals surface area contributed by atoms with E-state index < -0.39 is 5.56 Å². The normalized spacial score (nSPS) is 11.5. The van der Waals surface area contributed by atoms with Gasteiger partial charge in [-0.1, -0.05) is 44.2 Å². The van der Waals surface area contributed by atoms with Gasteiger partial charge in [0.1, 0.15) is 28.6 Å². The minimum Gasteiger partial charge on any atom is -0.506 e. The standard InChI is InChI=1S/C29H32N4O5/c1-6-7-12-20-24(25-22(36-4)14-10-15-23(25)37-5)27(34)26(28(35)31-20)29(30-3)38-17(2)16-21-18-11-8-9-13-19(18)32-33-21/h8-11,13-15H,2,6-7,12,16H2,1,3-5H3,(H,32,33)(H2,31,34,35). The minimum absolute atomic E-state index is 0.0604. The van der Waals surface area contributed by atoms with Crippen molar-refractivity contribution in [3.63, 3.8) is 0 Å². The second-order valence-corrected chi connectivity index (χ2v) is 8.74. The average Bonchev–Trinajstić information content (AvgIpc) is 3.33. The van der Waals surface area contributed by atoms with E-state index in [4.69, 9.17) is 14.2 Å². The van der Waals surface area contributed by atoms with E-state index in [2.05, 4.69) is 33.7 Å². The van der Waals surface area contributed by atoms with Crippen molar-refractivity contribution in [2.45, 2.75) is 32.6 Å². The number of rotatable bonds is 10. The minimum atomic E-state index is -0.522. The molecule has 0 amide bonds. The van der Waals surface area contributed by atoms with Crippen LogP contribution in [0.5, 0.6) is 17.2 Å². The van der Waals surface area contributed by atoms with Crippen molar-refractivity contribution in [1.82, 2.24) is 15.2 Å². The maximum absolute atomic E-state index is 13.3. The number of benzene rings is 2. The molecule has 0 saturated heterocycles. The maximum Gasteiger partial charge on any atom is 0.264 e. The number of allylic oxidation sites excluding steroid dienone is 1. The van der Waals surface area contributed by atoms with Crippen molar-refractivity contribution < 1.29 is 19.3 Å². The number of aromatic nitrogens is 3. The van der Waals surface area contributed by atoms with E-state index in [1.807, 2.05) is 24.3 Å². The van der Waals surface area contributed by atoms with Crippen LogP contribution < -0.4 is 15.0 Å². The molecule has 0 aliphatic heterocycles. The highest BCUT2D eigenvalue weighted by Crippen LogP contribution is 2.44. The summed E-state index contributed by atoms with van der Waals surface area (Å²) in [7, 11) is 4.57. The van der Waals surface area contributed by atoms with Crippen LogP contribution in [0.3, 0.4) is 0 Å². The first-order valence-corrected chi connectivity index (χ1v) is 12.4. The van der Waals surface area contributed by atoms with E-state index in [9.17, 15) is 9.90 Å². The molecule has 0 fully saturated rings. The Kier molecular flexibility index (Phi) is 8.15. The monoisotopic (exact) mass is 516 g/mol. The molecule has 0 aliphatic rings. The number of aryl methyl sites for hydroxylation is 1. The summed E-state index contributed by atoms with van der Waals surface area (Å²) in [5.74, 6) is 0.965. The third kappa shape index (κ3) is 5.13. The molecule has 0 atom stereocenters. The topological polar surface area (TPSA) is 122 Å². The molecule has 4 aromatic rings. The Hall–Kier alpha value is -4.53. The van der Waals surface area contributed by atoms with Crippen LogP contribution in [0.15, 0.2) is 64.6 Å². The van der Waals surface area contributed by atoms with E-state index in [1.54, 1.807) is 32.4 Å². The molecule has 0 radical (unpaired) electrons. The first-order valence-electron chi connectivity index (χ1n) is 12.4. The fraction of sp³-hybridized carbons (Fsp3) is 0.276. The van der Waals surface area contributed by atoms with Crippen molar-refractivity contribution in [2.75, 3.05) is 21.3 Å². The molecule has 0 spiro atoms. The van der Waals surface area contributed by atoms with Crippen LogP contribution in [0.25, 0.3) is 22.0 Å². The van der Waals surface area contributed by atoms with Crippen LogP contribution in [-0.2, 0) is 17.6 Å². The molecule has 9 heteroatoms.